The standard InChI is InChI=1S/C21H26N6O2/c1-3-27-10-8-18(24-27)23-20(28)11-16-5-4-9-25(13-16)21(29)17-14-26-12-15(2)6-7-19(26)22-17/h6-8,10,12,14,16H,3-5,9,11,13H2,1-2H3,(H,23,24,28)/t16-/m1/s1. The van der Waals surface area contributed by atoms with Gasteiger partial charge in [-0.15, -0.1) is 0 Å². The topological polar surface area (TPSA) is 84.5 Å². The van der Waals surface area contributed by atoms with Crippen molar-refractivity contribution in [3.05, 3.63) is 48.0 Å². The van der Waals surface area contributed by atoms with Crippen LogP contribution in [0.4, 0.5) is 5.82 Å². The number of aryl methyl sites for hydroxylation is 2. The summed E-state index contributed by atoms with van der Waals surface area (Å²) in [6.45, 7) is 6.04. The number of rotatable bonds is 5. The third-order valence-corrected chi connectivity index (χ3v) is 5.33. The van der Waals surface area contributed by atoms with Crippen LogP contribution >= 0.6 is 0 Å². The first-order chi connectivity index (χ1) is 14.0. The molecule has 0 unspecified atom stereocenters. The molecule has 8 nitrogen and oxygen atoms in total. The lowest BCUT2D eigenvalue weighted by atomic mass is 9.94. The van der Waals surface area contributed by atoms with Crippen LogP contribution in [-0.2, 0) is 11.3 Å². The highest BCUT2D eigenvalue weighted by molar-refractivity contribution is 5.93. The predicted octanol–water partition coefficient (Wildman–Crippen LogP) is 2.74. The van der Waals surface area contributed by atoms with Gasteiger partial charge in [0.1, 0.15) is 11.3 Å². The number of hydrogen-bond acceptors (Lipinski definition) is 4. The lowest BCUT2D eigenvalue weighted by Crippen LogP contribution is -2.41. The first kappa shape index (κ1) is 19.2. The van der Waals surface area contributed by atoms with Gasteiger partial charge in [0.05, 0.1) is 0 Å². The maximum Gasteiger partial charge on any atom is 0.274 e. The average molecular weight is 394 g/mol. The van der Waals surface area contributed by atoms with Crippen molar-refractivity contribution in [2.45, 2.75) is 39.7 Å². The molecule has 1 fully saturated rings. The molecule has 0 aromatic carbocycles. The summed E-state index contributed by atoms with van der Waals surface area (Å²) < 4.78 is 3.65. The van der Waals surface area contributed by atoms with E-state index in [1.54, 1.807) is 16.9 Å². The number of piperidine rings is 1. The summed E-state index contributed by atoms with van der Waals surface area (Å²) in [6, 6.07) is 5.69. The second-order valence-electron chi connectivity index (χ2n) is 7.67. The molecule has 1 aliphatic rings. The highest BCUT2D eigenvalue weighted by atomic mass is 16.2. The number of amides is 2. The van der Waals surface area contributed by atoms with Crippen LogP contribution < -0.4 is 5.32 Å². The molecule has 8 heteroatoms. The number of hydrogen-bond donors (Lipinski definition) is 1. The van der Waals surface area contributed by atoms with Crippen molar-refractivity contribution in [1.29, 1.82) is 0 Å². The van der Waals surface area contributed by atoms with Crippen LogP contribution in [0, 0.1) is 12.8 Å². The van der Waals surface area contributed by atoms with Gasteiger partial charge in [-0.1, -0.05) is 6.07 Å². The zero-order valence-corrected chi connectivity index (χ0v) is 16.8. The third kappa shape index (κ3) is 4.31. The van der Waals surface area contributed by atoms with Crippen LogP contribution in [0.3, 0.4) is 0 Å². The molecule has 0 spiro atoms. The number of imidazole rings is 1. The Morgan fingerprint density at radius 3 is 2.90 bits per heavy atom. The van der Waals surface area contributed by atoms with Crippen molar-refractivity contribution in [2.75, 3.05) is 18.4 Å². The quantitative estimate of drug-likeness (QED) is 0.721. The number of anilines is 1. The van der Waals surface area contributed by atoms with Crippen molar-refractivity contribution >= 4 is 23.3 Å². The molecule has 29 heavy (non-hydrogen) atoms. The lowest BCUT2D eigenvalue weighted by molar-refractivity contribution is -0.117. The Morgan fingerprint density at radius 1 is 1.24 bits per heavy atom. The fourth-order valence-electron chi connectivity index (χ4n) is 3.84. The SMILES string of the molecule is CCn1ccc(NC(=O)C[C@H]2CCCN(C(=O)c3cn4cc(C)ccc4n3)C2)n1. The molecular weight excluding hydrogens is 368 g/mol. The van der Waals surface area contributed by atoms with Crippen LogP contribution in [0.15, 0.2) is 36.8 Å². The Morgan fingerprint density at radius 2 is 2.10 bits per heavy atom. The third-order valence-electron chi connectivity index (χ3n) is 5.33. The number of fused-ring (bicyclic) bond motifs is 1. The van der Waals surface area contributed by atoms with Crippen LogP contribution in [0.5, 0.6) is 0 Å². The fourth-order valence-corrected chi connectivity index (χ4v) is 3.84. The van der Waals surface area contributed by atoms with Gasteiger partial charge >= 0.3 is 0 Å². The van der Waals surface area contributed by atoms with Gasteiger partial charge in [0, 0.05) is 50.7 Å². The number of likely N-dealkylation sites (tertiary alicyclic amines) is 1. The highest BCUT2D eigenvalue weighted by Gasteiger charge is 2.27. The minimum atomic E-state index is -0.0712. The summed E-state index contributed by atoms with van der Waals surface area (Å²) >= 11 is 0. The first-order valence-corrected chi connectivity index (χ1v) is 10.1. The van der Waals surface area contributed by atoms with E-state index in [0.29, 0.717) is 31.0 Å². The maximum atomic E-state index is 12.9. The molecule has 3 aromatic rings. The van der Waals surface area contributed by atoms with Crippen LogP contribution in [0.25, 0.3) is 5.65 Å². The maximum absolute atomic E-state index is 12.9. The summed E-state index contributed by atoms with van der Waals surface area (Å²) in [4.78, 5) is 31.6. The Kier molecular flexibility index (Phi) is 5.33. The van der Waals surface area contributed by atoms with Gasteiger partial charge in [0.15, 0.2) is 5.82 Å². The molecule has 0 saturated carbocycles. The smallest absolute Gasteiger partial charge is 0.274 e. The van der Waals surface area contributed by atoms with Crippen LogP contribution in [0.2, 0.25) is 0 Å². The van der Waals surface area contributed by atoms with Crippen molar-refractivity contribution in [2.24, 2.45) is 5.92 Å². The van der Waals surface area contributed by atoms with Gasteiger partial charge < -0.3 is 14.6 Å². The molecular formula is C21H26N6O2. The Bertz CT molecular complexity index is 1040. The largest absolute Gasteiger partial charge is 0.337 e. The van der Waals surface area contributed by atoms with Crippen molar-refractivity contribution in [3.8, 4) is 0 Å². The molecule has 1 saturated heterocycles. The van der Waals surface area contributed by atoms with E-state index in [0.717, 1.165) is 30.6 Å². The summed E-state index contributed by atoms with van der Waals surface area (Å²) in [5.74, 6) is 0.577. The van der Waals surface area contributed by atoms with E-state index in [1.807, 2.05) is 47.7 Å². The Hall–Kier alpha value is -3.16. The summed E-state index contributed by atoms with van der Waals surface area (Å²) in [7, 11) is 0. The van der Waals surface area contributed by atoms with Gasteiger partial charge in [0.25, 0.3) is 5.91 Å². The van der Waals surface area contributed by atoms with Crippen LogP contribution in [0.1, 0.15) is 42.2 Å². The molecule has 4 heterocycles. The number of carbonyl (C=O) groups excluding carboxylic acids is 2. The minimum Gasteiger partial charge on any atom is -0.337 e. The second kappa shape index (κ2) is 8.06. The molecule has 0 aliphatic carbocycles. The molecule has 1 N–H and O–H groups in total. The Labute approximate surface area is 169 Å². The molecule has 0 bridgehead atoms. The van der Waals surface area contributed by atoms with Crippen molar-refractivity contribution in [3.63, 3.8) is 0 Å². The zero-order valence-electron chi connectivity index (χ0n) is 16.8. The minimum absolute atomic E-state index is 0.0612. The Balaban J connectivity index is 1.37. The monoisotopic (exact) mass is 394 g/mol. The van der Waals surface area contributed by atoms with Gasteiger partial charge in [-0.25, -0.2) is 4.98 Å². The number of carbonyl (C=O) groups is 2. The zero-order chi connectivity index (χ0) is 20.4. The summed E-state index contributed by atoms with van der Waals surface area (Å²) in [5.41, 5.74) is 2.32. The van der Waals surface area contributed by atoms with E-state index in [9.17, 15) is 9.59 Å². The normalized spacial score (nSPS) is 16.9. The number of aromatic nitrogens is 4. The second-order valence-corrected chi connectivity index (χ2v) is 7.67. The first-order valence-electron chi connectivity index (χ1n) is 10.1. The van der Waals surface area contributed by atoms with E-state index < -0.39 is 0 Å². The molecule has 3 aromatic heterocycles. The number of nitrogens with zero attached hydrogens (tertiary/aromatic N) is 5. The van der Waals surface area contributed by atoms with E-state index in [-0.39, 0.29) is 17.7 Å². The molecule has 0 radical (unpaired) electrons. The molecule has 2 amide bonds. The van der Waals surface area contributed by atoms with Gasteiger partial charge in [0.2, 0.25) is 5.91 Å². The van der Waals surface area contributed by atoms with Gasteiger partial charge in [-0.2, -0.15) is 5.10 Å². The van der Waals surface area contributed by atoms with Crippen LogP contribution in [-0.4, -0.2) is 49.0 Å². The summed E-state index contributed by atoms with van der Waals surface area (Å²) in [6.07, 6.45) is 7.79. The predicted molar refractivity (Wildman–Crippen MR) is 110 cm³/mol. The summed E-state index contributed by atoms with van der Waals surface area (Å²) in [5, 5.41) is 7.13. The average Bonchev–Trinajstić information content (AvgIpc) is 3.33. The van der Waals surface area contributed by atoms with E-state index in [4.69, 9.17) is 0 Å². The van der Waals surface area contributed by atoms with Gasteiger partial charge in [-0.3, -0.25) is 14.3 Å². The van der Waals surface area contributed by atoms with E-state index in [2.05, 4.69) is 15.4 Å². The van der Waals surface area contributed by atoms with Crippen molar-refractivity contribution < 1.29 is 9.59 Å². The highest BCUT2D eigenvalue weighted by Crippen LogP contribution is 2.22. The van der Waals surface area contributed by atoms with Crippen molar-refractivity contribution in [1.82, 2.24) is 24.1 Å². The van der Waals surface area contributed by atoms with E-state index >= 15 is 0 Å². The molecule has 1 aliphatic heterocycles. The number of pyridine rings is 1. The molecule has 1 atom stereocenters. The fraction of sp³-hybridized carbons (Fsp3) is 0.429. The molecule has 4 rings (SSSR count). The molecule has 152 valence electrons. The lowest BCUT2D eigenvalue weighted by Gasteiger charge is -2.32. The van der Waals surface area contributed by atoms with E-state index in [1.165, 1.54) is 0 Å². The van der Waals surface area contributed by atoms with Gasteiger partial charge in [-0.05, 0) is 44.2 Å². The number of nitrogens with one attached hydrogen (secondary N) is 1.